The SMILES string of the molecule is NC1CCC(C(=O)NCC2CCCC(O)C2)C1. The van der Waals surface area contributed by atoms with Gasteiger partial charge in [-0.1, -0.05) is 6.42 Å². The average molecular weight is 240 g/mol. The van der Waals surface area contributed by atoms with E-state index in [1.165, 1.54) is 0 Å². The lowest BCUT2D eigenvalue weighted by molar-refractivity contribution is -0.125. The zero-order valence-corrected chi connectivity index (χ0v) is 10.4. The first-order valence-corrected chi connectivity index (χ1v) is 6.86. The molecule has 2 saturated carbocycles. The summed E-state index contributed by atoms with van der Waals surface area (Å²) in [5.74, 6) is 0.745. The predicted octanol–water partition coefficient (Wildman–Crippen LogP) is 0.781. The number of hydrogen-bond acceptors (Lipinski definition) is 3. The smallest absolute Gasteiger partial charge is 0.223 e. The molecular weight excluding hydrogens is 216 g/mol. The molecule has 0 aromatic rings. The zero-order chi connectivity index (χ0) is 12.3. The molecule has 2 fully saturated rings. The monoisotopic (exact) mass is 240 g/mol. The van der Waals surface area contributed by atoms with Gasteiger partial charge in [0.2, 0.25) is 5.91 Å². The average Bonchev–Trinajstić information content (AvgIpc) is 2.73. The zero-order valence-electron chi connectivity index (χ0n) is 10.4. The summed E-state index contributed by atoms with van der Waals surface area (Å²) in [4.78, 5) is 11.9. The van der Waals surface area contributed by atoms with Gasteiger partial charge in [0.15, 0.2) is 0 Å². The molecule has 0 aliphatic heterocycles. The number of aliphatic hydroxyl groups excluding tert-OH is 1. The second kappa shape index (κ2) is 5.83. The molecule has 17 heavy (non-hydrogen) atoms. The van der Waals surface area contributed by atoms with Crippen molar-refractivity contribution in [3.63, 3.8) is 0 Å². The van der Waals surface area contributed by atoms with E-state index in [1.807, 2.05) is 0 Å². The minimum atomic E-state index is -0.162. The molecule has 2 aliphatic carbocycles. The van der Waals surface area contributed by atoms with Gasteiger partial charge >= 0.3 is 0 Å². The summed E-state index contributed by atoms with van der Waals surface area (Å²) in [7, 11) is 0. The van der Waals surface area contributed by atoms with E-state index in [-0.39, 0.29) is 24.0 Å². The van der Waals surface area contributed by atoms with Crippen LogP contribution < -0.4 is 11.1 Å². The third-order valence-corrected chi connectivity index (χ3v) is 4.16. The van der Waals surface area contributed by atoms with Gasteiger partial charge in [-0.3, -0.25) is 4.79 Å². The third-order valence-electron chi connectivity index (χ3n) is 4.16. The van der Waals surface area contributed by atoms with Crippen LogP contribution in [0.15, 0.2) is 0 Å². The molecule has 2 aliphatic rings. The first-order chi connectivity index (χ1) is 8.15. The van der Waals surface area contributed by atoms with E-state index in [1.54, 1.807) is 0 Å². The minimum Gasteiger partial charge on any atom is -0.393 e. The molecule has 0 radical (unpaired) electrons. The first kappa shape index (κ1) is 12.8. The minimum absolute atomic E-state index is 0.124. The van der Waals surface area contributed by atoms with E-state index < -0.39 is 0 Å². The second-order valence-electron chi connectivity index (χ2n) is 5.70. The van der Waals surface area contributed by atoms with Crippen molar-refractivity contribution in [3.05, 3.63) is 0 Å². The number of rotatable bonds is 3. The van der Waals surface area contributed by atoms with Crippen molar-refractivity contribution >= 4 is 5.91 Å². The number of carbonyl (C=O) groups is 1. The van der Waals surface area contributed by atoms with Gasteiger partial charge in [0, 0.05) is 18.5 Å². The van der Waals surface area contributed by atoms with Crippen molar-refractivity contribution in [3.8, 4) is 0 Å². The van der Waals surface area contributed by atoms with Gasteiger partial charge in [-0.15, -0.1) is 0 Å². The van der Waals surface area contributed by atoms with Gasteiger partial charge in [0.25, 0.3) is 0 Å². The molecule has 4 N–H and O–H groups in total. The Morgan fingerprint density at radius 2 is 2.06 bits per heavy atom. The molecule has 4 atom stereocenters. The van der Waals surface area contributed by atoms with Crippen LogP contribution in [0.25, 0.3) is 0 Å². The van der Waals surface area contributed by atoms with E-state index in [2.05, 4.69) is 5.32 Å². The molecule has 1 amide bonds. The fraction of sp³-hybridized carbons (Fsp3) is 0.923. The van der Waals surface area contributed by atoms with Crippen LogP contribution in [0, 0.1) is 11.8 Å². The summed E-state index contributed by atoms with van der Waals surface area (Å²) in [5.41, 5.74) is 5.81. The van der Waals surface area contributed by atoms with Crippen LogP contribution in [0.1, 0.15) is 44.9 Å². The quantitative estimate of drug-likeness (QED) is 0.682. The van der Waals surface area contributed by atoms with Crippen LogP contribution in [0.3, 0.4) is 0 Å². The van der Waals surface area contributed by atoms with Gasteiger partial charge in [-0.2, -0.15) is 0 Å². The lowest BCUT2D eigenvalue weighted by Gasteiger charge is -2.26. The molecule has 0 heterocycles. The van der Waals surface area contributed by atoms with Crippen molar-refractivity contribution in [2.24, 2.45) is 17.6 Å². The summed E-state index contributed by atoms with van der Waals surface area (Å²) in [6.07, 6.45) is 6.54. The lowest BCUT2D eigenvalue weighted by Crippen LogP contribution is -2.36. The van der Waals surface area contributed by atoms with Crippen LogP contribution in [0.5, 0.6) is 0 Å². The van der Waals surface area contributed by atoms with Gasteiger partial charge in [-0.05, 0) is 44.4 Å². The van der Waals surface area contributed by atoms with Crippen molar-refractivity contribution in [1.29, 1.82) is 0 Å². The molecule has 4 unspecified atom stereocenters. The molecule has 0 saturated heterocycles. The molecule has 4 heteroatoms. The van der Waals surface area contributed by atoms with E-state index in [4.69, 9.17) is 5.73 Å². The largest absolute Gasteiger partial charge is 0.393 e. The van der Waals surface area contributed by atoms with Crippen LogP contribution in [-0.2, 0) is 4.79 Å². The molecule has 2 rings (SSSR count). The molecule has 0 aromatic heterocycles. The Morgan fingerprint density at radius 3 is 2.71 bits per heavy atom. The maximum absolute atomic E-state index is 11.9. The van der Waals surface area contributed by atoms with E-state index in [0.29, 0.717) is 5.92 Å². The van der Waals surface area contributed by atoms with Crippen LogP contribution in [0.2, 0.25) is 0 Å². The Labute approximate surface area is 103 Å². The first-order valence-electron chi connectivity index (χ1n) is 6.86. The van der Waals surface area contributed by atoms with Crippen LogP contribution in [-0.4, -0.2) is 29.7 Å². The van der Waals surface area contributed by atoms with Crippen molar-refractivity contribution in [2.75, 3.05) is 6.54 Å². The van der Waals surface area contributed by atoms with Gasteiger partial charge < -0.3 is 16.2 Å². The molecule has 0 spiro atoms. The molecule has 4 nitrogen and oxygen atoms in total. The Bertz CT molecular complexity index is 270. The van der Waals surface area contributed by atoms with Gasteiger partial charge in [-0.25, -0.2) is 0 Å². The molecule has 0 aromatic carbocycles. The lowest BCUT2D eigenvalue weighted by atomic mass is 9.87. The maximum atomic E-state index is 11.9. The van der Waals surface area contributed by atoms with Crippen molar-refractivity contribution < 1.29 is 9.90 Å². The van der Waals surface area contributed by atoms with Crippen molar-refractivity contribution in [2.45, 2.75) is 57.1 Å². The van der Waals surface area contributed by atoms with Gasteiger partial charge in [0.05, 0.1) is 6.10 Å². The number of aliphatic hydroxyl groups is 1. The normalized spacial score (nSPS) is 38.0. The standard InChI is InChI=1S/C13H24N2O2/c14-11-5-4-10(7-11)13(17)15-8-9-2-1-3-12(16)6-9/h9-12,16H,1-8,14H2,(H,15,17). The van der Waals surface area contributed by atoms with Gasteiger partial charge in [0.1, 0.15) is 0 Å². The Balaban J connectivity index is 1.69. The topological polar surface area (TPSA) is 75.4 Å². The third kappa shape index (κ3) is 3.68. The number of nitrogens with two attached hydrogens (primary N) is 1. The summed E-state index contributed by atoms with van der Waals surface area (Å²) < 4.78 is 0. The Morgan fingerprint density at radius 1 is 1.24 bits per heavy atom. The van der Waals surface area contributed by atoms with E-state index in [9.17, 15) is 9.90 Å². The number of carbonyl (C=O) groups excluding carboxylic acids is 1. The number of hydrogen-bond donors (Lipinski definition) is 3. The van der Waals surface area contributed by atoms with E-state index in [0.717, 1.165) is 51.5 Å². The summed E-state index contributed by atoms with van der Waals surface area (Å²) in [5, 5.41) is 12.6. The fourth-order valence-electron chi connectivity index (χ4n) is 3.09. The highest BCUT2D eigenvalue weighted by atomic mass is 16.3. The molecule has 0 bridgehead atoms. The fourth-order valence-corrected chi connectivity index (χ4v) is 3.09. The van der Waals surface area contributed by atoms with Crippen molar-refractivity contribution in [1.82, 2.24) is 5.32 Å². The van der Waals surface area contributed by atoms with Crippen LogP contribution >= 0.6 is 0 Å². The Kier molecular flexibility index (Phi) is 4.40. The highest BCUT2D eigenvalue weighted by Gasteiger charge is 2.28. The predicted molar refractivity (Wildman–Crippen MR) is 66.3 cm³/mol. The molecular formula is C13H24N2O2. The highest BCUT2D eigenvalue weighted by Crippen LogP contribution is 2.26. The number of amides is 1. The number of nitrogens with one attached hydrogen (secondary N) is 1. The van der Waals surface area contributed by atoms with E-state index >= 15 is 0 Å². The second-order valence-corrected chi connectivity index (χ2v) is 5.70. The summed E-state index contributed by atoms with van der Waals surface area (Å²) in [6, 6.07) is 0.210. The van der Waals surface area contributed by atoms with Crippen LogP contribution in [0.4, 0.5) is 0 Å². The molecule has 98 valence electrons. The highest BCUT2D eigenvalue weighted by molar-refractivity contribution is 5.78. The maximum Gasteiger partial charge on any atom is 0.223 e. The summed E-state index contributed by atoms with van der Waals surface area (Å²) in [6.45, 7) is 0.724. The Hall–Kier alpha value is -0.610. The summed E-state index contributed by atoms with van der Waals surface area (Å²) >= 11 is 0.